The number of fused-ring (bicyclic) bond motifs is 1. The van der Waals surface area contributed by atoms with Crippen molar-refractivity contribution in [3.8, 4) is 0 Å². The summed E-state index contributed by atoms with van der Waals surface area (Å²) < 4.78 is 0. The Morgan fingerprint density at radius 1 is 1.38 bits per heavy atom. The van der Waals surface area contributed by atoms with E-state index in [-0.39, 0.29) is 11.8 Å². The number of carbonyl (C=O) groups is 1. The second-order valence-electron chi connectivity index (χ2n) is 3.67. The van der Waals surface area contributed by atoms with Gasteiger partial charge < -0.3 is 4.90 Å². The molecule has 0 spiro atoms. The van der Waals surface area contributed by atoms with Gasteiger partial charge in [-0.1, -0.05) is 11.6 Å². The van der Waals surface area contributed by atoms with Crippen molar-refractivity contribution in [2.45, 2.75) is 19.9 Å². The Bertz CT molecular complexity index is 370. The quantitative estimate of drug-likeness (QED) is 0.601. The van der Waals surface area contributed by atoms with Crippen molar-refractivity contribution in [1.82, 2.24) is 0 Å². The van der Waals surface area contributed by atoms with Crippen molar-refractivity contribution in [2.75, 3.05) is 11.9 Å². The van der Waals surface area contributed by atoms with Crippen LogP contribution in [-0.4, -0.2) is 18.9 Å². The van der Waals surface area contributed by atoms with Gasteiger partial charge in [-0.15, -0.1) is 0 Å². The van der Waals surface area contributed by atoms with Crippen LogP contribution in [0.3, 0.4) is 0 Å². The first kappa shape index (κ1) is 8.30. The van der Waals surface area contributed by atoms with Gasteiger partial charge in [0.05, 0.1) is 6.04 Å². The van der Waals surface area contributed by atoms with E-state index in [1.54, 1.807) is 0 Å². The highest BCUT2D eigenvalue weighted by Crippen LogP contribution is 2.30. The lowest BCUT2D eigenvalue weighted by molar-refractivity contribution is 0.0978. The molecule has 68 valence electrons. The molecule has 1 atom stereocenters. The van der Waals surface area contributed by atoms with Crippen LogP contribution in [0.15, 0.2) is 18.2 Å². The van der Waals surface area contributed by atoms with Gasteiger partial charge in [-0.25, -0.2) is 0 Å². The van der Waals surface area contributed by atoms with Gasteiger partial charge in [0.25, 0.3) is 0 Å². The average molecular weight is 175 g/mol. The molecule has 2 heteroatoms. The molecule has 1 aromatic rings. The molecule has 0 saturated carbocycles. The van der Waals surface area contributed by atoms with E-state index in [0.717, 1.165) is 16.8 Å². The van der Waals surface area contributed by atoms with Crippen molar-refractivity contribution in [3.05, 3.63) is 29.3 Å². The SMILES string of the molecule is Cc1ccc2c(c1)C(=O)C(C)N2C. The molecule has 0 aromatic heterocycles. The van der Waals surface area contributed by atoms with Crippen LogP contribution >= 0.6 is 0 Å². The van der Waals surface area contributed by atoms with Crippen LogP contribution < -0.4 is 4.90 Å². The highest BCUT2D eigenvalue weighted by molar-refractivity contribution is 6.10. The number of ketones is 1. The van der Waals surface area contributed by atoms with Gasteiger partial charge in [-0.05, 0) is 26.0 Å². The van der Waals surface area contributed by atoms with Crippen molar-refractivity contribution < 1.29 is 4.79 Å². The fourth-order valence-corrected chi connectivity index (χ4v) is 1.76. The third kappa shape index (κ3) is 1.05. The molecule has 0 radical (unpaired) electrons. The first-order valence-corrected chi connectivity index (χ1v) is 4.49. The normalized spacial score (nSPS) is 20.7. The van der Waals surface area contributed by atoms with Crippen LogP contribution in [0.25, 0.3) is 0 Å². The third-order valence-electron chi connectivity index (χ3n) is 2.76. The molecule has 1 heterocycles. The summed E-state index contributed by atoms with van der Waals surface area (Å²) in [6, 6.07) is 6.03. The molecule has 1 aliphatic heterocycles. The van der Waals surface area contributed by atoms with Crippen LogP contribution in [0.2, 0.25) is 0 Å². The van der Waals surface area contributed by atoms with Crippen molar-refractivity contribution in [1.29, 1.82) is 0 Å². The van der Waals surface area contributed by atoms with E-state index in [1.165, 1.54) is 0 Å². The number of nitrogens with zero attached hydrogens (tertiary/aromatic N) is 1. The van der Waals surface area contributed by atoms with Gasteiger partial charge in [0.1, 0.15) is 0 Å². The summed E-state index contributed by atoms with van der Waals surface area (Å²) in [6.45, 7) is 3.95. The smallest absolute Gasteiger partial charge is 0.187 e. The summed E-state index contributed by atoms with van der Waals surface area (Å²) in [6.07, 6.45) is 0. The van der Waals surface area contributed by atoms with Gasteiger partial charge in [0, 0.05) is 18.3 Å². The average Bonchev–Trinajstić information content (AvgIpc) is 2.32. The monoisotopic (exact) mass is 175 g/mol. The zero-order chi connectivity index (χ0) is 9.59. The Morgan fingerprint density at radius 2 is 2.08 bits per heavy atom. The van der Waals surface area contributed by atoms with Gasteiger partial charge in [-0.3, -0.25) is 4.79 Å². The minimum Gasteiger partial charge on any atom is -0.364 e. The lowest BCUT2D eigenvalue weighted by atomic mass is 10.1. The van der Waals surface area contributed by atoms with E-state index in [1.807, 2.05) is 44.0 Å². The minimum atomic E-state index is -0.00296. The molecular weight excluding hydrogens is 162 g/mol. The van der Waals surface area contributed by atoms with Crippen LogP contribution in [0.1, 0.15) is 22.8 Å². The third-order valence-corrected chi connectivity index (χ3v) is 2.76. The summed E-state index contributed by atoms with van der Waals surface area (Å²) in [4.78, 5) is 13.7. The van der Waals surface area contributed by atoms with E-state index >= 15 is 0 Å². The topological polar surface area (TPSA) is 20.3 Å². The maximum Gasteiger partial charge on any atom is 0.187 e. The highest BCUT2D eigenvalue weighted by Gasteiger charge is 2.30. The number of anilines is 1. The van der Waals surface area contributed by atoms with Gasteiger partial charge in [-0.2, -0.15) is 0 Å². The first-order valence-electron chi connectivity index (χ1n) is 4.49. The second kappa shape index (κ2) is 2.59. The predicted molar refractivity (Wildman–Crippen MR) is 53.4 cm³/mol. The fraction of sp³-hybridized carbons (Fsp3) is 0.364. The number of rotatable bonds is 0. The summed E-state index contributed by atoms with van der Waals surface area (Å²) in [5, 5.41) is 0. The molecule has 0 N–H and O–H groups in total. The van der Waals surface area contributed by atoms with E-state index in [0.29, 0.717) is 0 Å². The molecule has 1 aromatic carbocycles. The Balaban J connectivity index is 2.60. The van der Waals surface area contributed by atoms with Crippen molar-refractivity contribution in [2.24, 2.45) is 0 Å². The van der Waals surface area contributed by atoms with Crippen LogP contribution in [0, 0.1) is 6.92 Å². The summed E-state index contributed by atoms with van der Waals surface area (Å²) >= 11 is 0. The molecule has 13 heavy (non-hydrogen) atoms. The van der Waals surface area contributed by atoms with Crippen molar-refractivity contribution in [3.63, 3.8) is 0 Å². The zero-order valence-electron chi connectivity index (χ0n) is 8.16. The molecule has 1 unspecified atom stereocenters. The number of hydrogen-bond acceptors (Lipinski definition) is 2. The lowest BCUT2D eigenvalue weighted by Gasteiger charge is -2.16. The van der Waals surface area contributed by atoms with Gasteiger partial charge in [0.15, 0.2) is 5.78 Å². The summed E-state index contributed by atoms with van der Waals surface area (Å²) in [5.74, 6) is 0.237. The highest BCUT2D eigenvalue weighted by atomic mass is 16.1. The number of benzene rings is 1. The number of Topliss-reactive ketones (excluding diaryl/α,β-unsaturated/α-hetero) is 1. The number of aryl methyl sites for hydroxylation is 1. The molecular formula is C11H13NO. The van der Waals surface area contributed by atoms with Crippen LogP contribution in [0.4, 0.5) is 5.69 Å². The Hall–Kier alpha value is -1.31. The number of hydrogen-bond donors (Lipinski definition) is 0. The predicted octanol–water partition coefficient (Wildman–Crippen LogP) is 2.02. The van der Waals surface area contributed by atoms with Crippen LogP contribution in [0.5, 0.6) is 0 Å². The molecule has 0 saturated heterocycles. The number of carbonyl (C=O) groups excluding carboxylic acids is 1. The first-order chi connectivity index (χ1) is 6.11. The Kier molecular flexibility index (Phi) is 1.65. The minimum absolute atomic E-state index is 0.00296. The standard InChI is InChI=1S/C11H13NO/c1-7-4-5-10-9(6-7)11(13)8(2)12(10)3/h4-6,8H,1-3H3. The number of likely N-dealkylation sites (N-methyl/N-ethyl adjacent to an activating group) is 1. The van der Waals surface area contributed by atoms with Gasteiger partial charge >= 0.3 is 0 Å². The molecule has 0 aliphatic carbocycles. The molecule has 0 fully saturated rings. The molecule has 1 aliphatic rings. The molecule has 0 amide bonds. The second-order valence-corrected chi connectivity index (χ2v) is 3.67. The fourth-order valence-electron chi connectivity index (χ4n) is 1.76. The lowest BCUT2D eigenvalue weighted by Crippen LogP contribution is -2.28. The maximum absolute atomic E-state index is 11.7. The Labute approximate surface area is 78.2 Å². The van der Waals surface area contributed by atoms with E-state index in [2.05, 4.69) is 0 Å². The largest absolute Gasteiger partial charge is 0.364 e. The maximum atomic E-state index is 11.7. The van der Waals surface area contributed by atoms with E-state index in [4.69, 9.17) is 0 Å². The van der Waals surface area contributed by atoms with Crippen LogP contribution in [-0.2, 0) is 0 Å². The molecule has 2 nitrogen and oxygen atoms in total. The molecule has 2 rings (SSSR count). The van der Waals surface area contributed by atoms with E-state index < -0.39 is 0 Å². The summed E-state index contributed by atoms with van der Waals surface area (Å²) in [5.41, 5.74) is 3.08. The molecule has 0 bridgehead atoms. The van der Waals surface area contributed by atoms with Gasteiger partial charge in [0.2, 0.25) is 0 Å². The zero-order valence-corrected chi connectivity index (χ0v) is 8.16. The Morgan fingerprint density at radius 3 is 2.77 bits per heavy atom. The van der Waals surface area contributed by atoms with E-state index in [9.17, 15) is 4.79 Å². The summed E-state index contributed by atoms with van der Waals surface area (Å²) in [7, 11) is 1.96. The van der Waals surface area contributed by atoms with Crippen molar-refractivity contribution >= 4 is 11.5 Å².